The van der Waals surface area contributed by atoms with Crippen molar-refractivity contribution in [3.63, 3.8) is 0 Å². The molecule has 0 fully saturated rings. The molecule has 9 atom stereocenters. The van der Waals surface area contributed by atoms with E-state index in [1.807, 2.05) is 0 Å². The minimum atomic E-state index is -1.62. The molecular weight excluding hydrogens is 828 g/mol. The highest BCUT2D eigenvalue weighted by Crippen LogP contribution is 2.21. The first-order valence-corrected chi connectivity index (χ1v) is 19.2. The largest absolute Gasteiger partial charge is 0.460 e. The van der Waals surface area contributed by atoms with E-state index in [2.05, 4.69) is 32.9 Å². The second-order valence-corrected chi connectivity index (χ2v) is 14.2. The summed E-state index contributed by atoms with van der Waals surface area (Å²) in [5.41, 5.74) is 0.238. The smallest absolute Gasteiger partial charge is 0.333 e. The van der Waals surface area contributed by atoms with Gasteiger partial charge in [-0.1, -0.05) is 32.9 Å². The van der Waals surface area contributed by atoms with Crippen molar-refractivity contribution in [2.75, 3.05) is 79.3 Å². The minimum Gasteiger partial charge on any atom is -0.460 e. The fraction of sp³-hybridized carbons (Fsp3) is 0.634. The Morgan fingerprint density at radius 2 is 0.613 bits per heavy atom. The third-order valence-electron chi connectivity index (χ3n) is 7.57. The van der Waals surface area contributed by atoms with E-state index >= 15 is 0 Å². The van der Waals surface area contributed by atoms with Gasteiger partial charge in [-0.2, -0.15) is 0 Å². The quantitative estimate of drug-likeness (QED) is 0.0251. The molecule has 0 amide bonds. The van der Waals surface area contributed by atoms with Crippen LogP contribution in [0.2, 0.25) is 0 Å². The number of esters is 5. The van der Waals surface area contributed by atoms with Gasteiger partial charge in [-0.15, -0.1) is 0 Å². The molecule has 21 heteroatoms. The SMILES string of the molecule is C=C(C)C(=O)OCC(O)COC[C@@H](OCC(O)COC(=O)C(=C)C)[C@@H](OCC(O)COC(=O)C(=C)C)[C@H](OCC(O)COC(=O)C(=C)C)[C@@H](CO)OCC(O)COC(=O)C(=C)C. The minimum absolute atomic E-state index is 0.0335. The van der Waals surface area contributed by atoms with E-state index in [1.54, 1.807) is 0 Å². The van der Waals surface area contributed by atoms with Crippen molar-refractivity contribution in [3.8, 4) is 0 Å². The average molecular weight is 893 g/mol. The number of aliphatic hydroxyl groups is 6. The van der Waals surface area contributed by atoms with E-state index in [0.29, 0.717) is 0 Å². The van der Waals surface area contributed by atoms with Crippen LogP contribution in [0.4, 0.5) is 0 Å². The Kier molecular flexibility index (Phi) is 29.2. The van der Waals surface area contributed by atoms with Crippen LogP contribution in [0.15, 0.2) is 60.8 Å². The van der Waals surface area contributed by atoms with Gasteiger partial charge in [-0.3, -0.25) is 0 Å². The summed E-state index contributed by atoms with van der Waals surface area (Å²) in [5.74, 6) is -4.04. The standard InChI is InChI=1S/C41H64O21/c1-23(2)37(48)58-17-28(43)12-53-22-34(55-14-30(45)19-60-39(50)25(5)6)36(57-16-32(47)21-62-41(52)27(9)10)35(56-15-31(46)20-61-40(51)26(7)8)33(11-42)54-13-29(44)18-59-38(49)24(3)4/h28-36,42-47H,1,3,5,7,9,11-22H2,2,4,6,8,10H3/t28?,29?,30?,31?,32?,33-,34-,35-,36-/m1/s1. The van der Waals surface area contributed by atoms with Crippen LogP contribution >= 0.6 is 0 Å². The lowest BCUT2D eigenvalue weighted by Crippen LogP contribution is -2.54. The summed E-state index contributed by atoms with van der Waals surface area (Å²) in [6.07, 6.45) is -13.7. The Bertz CT molecular complexity index is 1490. The molecule has 0 rings (SSSR count). The average Bonchev–Trinajstić information content (AvgIpc) is 3.21. The van der Waals surface area contributed by atoms with Crippen molar-refractivity contribution in [3.05, 3.63) is 60.8 Å². The number of carbonyl (C=O) groups excluding carboxylic acids is 5. The zero-order chi connectivity index (χ0) is 47.5. The van der Waals surface area contributed by atoms with Crippen molar-refractivity contribution in [1.82, 2.24) is 0 Å². The molecule has 0 spiro atoms. The van der Waals surface area contributed by atoms with Crippen LogP contribution in [0, 0.1) is 0 Å². The summed E-state index contributed by atoms with van der Waals surface area (Å²) in [4.78, 5) is 59.8. The molecule has 0 saturated heterocycles. The highest BCUT2D eigenvalue weighted by molar-refractivity contribution is 5.88. The molecule has 0 aliphatic carbocycles. The van der Waals surface area contributed by atoms with Crippen molar-refractivity contribution in [2.24, 2.45) is 0 Å². The number of hydrogen-bond acceptors (Lipinski definition) is 21. The molecule has 0 aromatic carbocycles. The highest BCUT2D eigenvalue weighted by atomic mass is 16.6. The van der Waals surface area contributed by atoms with E-state index < -0.39 is 164 Å². The second-order valence-electron chi connectivity index (χ2n) is 14.2. The van der Waals surface area contributed by atoms with Gasteiger partial charge in [0.1, 0.15) is 88.0 Å². The van der Waals surface area contributed by atoms with Gasteiger partial charge < -0.3 is 78.0 Å². The summed E-state index contributed by atoms with van der Waals surface area (Å²) >= 11 is 0. The van der Waals surface area contributed by atoms with Crippen LogP contribution in [-0.2, 0) is 71.3 Å². The molecule has 354 valence electrons. The van der Waals surface area contributed by atoms with E-state index in [9.17, 15) is 54.6 Å². The van der Waals surface area contributed by atoms with Gasteiger partial charge in [0.25, 0.3) is 0 Å². The van der Waals surface area contributed by atoms with Gasteiger partial charge >= 0.3 is 29.8 Å². The Balaban J connectivity index is 7.00. The Morgan fingerprint density at radius 3 is 0.887 bits per heavy atom. The molecular formula is C41H64O21. The summed E-state index contributed by atoms with van der Waals surface area (Å²) in [5, 5.41) is 63.9. The molecule has 0 heterocycles. The Morgan fingerprint density at radius 1 is 0.371 bits per heavy atom. The van der Waals surface area contributed by atoms with Gasteiger partial charge in [-0.25, -0.2) is 24.0 Å². The van der Waals surface area contributed by atoms with Crippen LogP contribution in [0.3, 0.4) is 0 Å². The normalized spacial score (nSPS) is 15.5. The third kappa shape index (κ3) is 25.5. The fourth-order valence-electron chi connectivity index (χ4n) is 4.27. The molecule has 0 aromatic rings. The molecule has 0 aromatic heterocycles. The lowest BCUT2D eigenvalue weighted by atomic mass is 10.0. The maximum Gasteiger partial charge on any atom is 0.333 e. The first-order valence-electron chi connectivity index (χ1n) is 19.2. The Labute approximate surface area is 361 Å². The van der Waals surface area contributed by atoms with Crippen molar-refractivity contribution >= 4 is 29.8 Å². The van der Waals surface area contributed by atoms with Crippen LogP contribution in [0.5, 0.6) is 0 Å². The van der Waals surface area contributed by atoms with Gasteiger partial charge in [-0.05, 0) is 34.6 Å². The van der Waals surface area contributed by atoms with Crippen LogP contribution in [-0.4, -0.2) is 195 Å². The lowest BCUT2D eigenvalue weighted by molar-refractivity contribution is -0.216. The van der Waals surface area contributed by atoms with Crippen LogP contribution in [0.25, 0.3) is 0 Å². The molecule has 0 saturated carbocycles. The third-order valence-corrected chi connectivity index (χ3v) is 7.57. The highest BCUT2D eigenvalue weighted by Gasteiger charge is 2.40. The number of hydrogen-bond donors (Lipinski definition) is 6. The van der Waals surface area contributed by atoms with Gasteiger partial charge in [0.2, 0.25) is 0 Å². The van der Waals surface area contributed by atoms with E-state index in [0.717, 1.165) is 0 Å². The van der Waals surface area contributed by atoms with Crippen LogP contribution < -0.4 is 0 Å². The Hall–Kier alpha value is -4.39. The van der Waals surface area contributed by atoms with Gasteiger partial charge in [0.05, 0.1) is 46.2 Å². The predicted octanol–water partition coefficient (Wildman–Crippen LogP) is -1.06. The summed E-state index contributed by atoms with van der Waals surface area (Å²) in [6.45, 7) is 16.9. The lowest BCUT2D eigenvalue weighted by Gasteiger charge is -2.38. The monoisotopic (exact) mass is 892 g/mol. The number of carbonyl (C=O) groups is 5. The summed E-state index contributed by atoms with van der Waals surface area (Å²) < 4.78 is 54.5. The van der Waals surface area contributed by atoms with Crippen molar-refractivity contribution in [1.29, 1.82) is 0 Å². The summed E-state index contributed by atoms with van der Waals surface area (Å²) in [7, 11) is 0. The van der Waals surface area contributed by atoms with Crippen LogP contribution in [0.1, 0.15) is 34.6 Å². The zero-order valence-electron chi connectivity index (χ0n) is 36.0. The number of ether oxygens (including phenoxy) is 10. The number of aliphatic hydroxyl groups excluding tert-OH is 6. The van der Waals surface area contributed by atoms with Crippen molar-refractivity contribution < 1.29 is 102 Å². The fourth-order valence-corrected chi connectivity index (χ4v) is 4.27. The van der Waals surface area contributed by atoms with Crippen molar-refractivity contribution in [2.45, 2.75) is 89.6 Å². The number of rotatable bonds is 35. The molecule has 21 nitrogen and oxygen atoms in total. The molecule has 0 aliphatic rings. The molecule has 0 radical (unpaired) electrons. The second kappa shape index (κ2) is 31.4. The first kappa shape index (κ1) is 57.6. The topological polar surface area (TPSA) is 299 Å². The van der Waals surface area contributed by atoms with E-state index in [-0.39, 0.29) is 27.9 Å². The molecule has 6 N–H and O–H groups in total. The first-order chi connectivity index (χ1) is 29.0. The predicted molar refractivity (Wildman–Crippen MR) is 216 cm³/mol. The molecule has 0 aliphatic heterocycles. The summed E-state index contributed by atoms with van der Waals surface area (Å²) in [6, 6.07) is 0. The van der Waals surface area contributed by atoms with Gasteiger partial charge in [0, 0.05) is 27.9 Å². The molecule has 0 bridgehead atoms. The maximum atomic E-state index is 12.0. The molecule has 5 unspecified atom stereocenters. The van der Waals surface area contributed by atoms with E-state index in [1.165, 1.54) is 34.6 Å². The van der Waals surface area contributed by atoms with E-state index in [4.69, 9.17) is 47.4 Å². The van der Waals surface area contributed by atoms with Gasteiger partial charge in [0.15, 0.2) is 0 Å². The zero-order valence-corrected chi connectivity index (χ0v) is 36.0. The molecule has 62 heavy (non-hydrogen) atoms. The maximum absolute atomic E-state index is 12.0.